The quantitative estimate of drug-likeness (QED) is 0.200. The van der Waals surface area contributed by atoms with Crippen LogP contribution in [-0.2, 0) is 5.67 Å². The van der Waals surface area contributed by atoms with Gasteiger partial charge in [0.1, 0.15) is 17.3 Å². The summed E-state index contributed by atoms with van der Waals surface area (Å²) < 4.78 is 153. The highest BCUT2D eigenvalue weighted by molar-refractivity contribution is 6.09. The number of hydrogen-bond acceptors (Lipinski definition) is 4. The van der Waals surface area contributed by atoms with Gasteiger partial charge in [-0.15, -0.1) is 0 Å². The van der Waals surface area contributed by atoms with E-state index in [1.54, 1.807) is 5.32 Å². The van der Waals surface area contributed by atoms with Crippen LogP contribution in [0.5, 0.6) is 11.5 Å². The van der Waals surface area contributed by atoms with Crippen LogP contribution in [0, 0.1) is 11.6 Å². The fourth-order valence-corrected chi connectivity index (χ4v) is 3.89. The first kappa shape index (κ1) is 32.9. The van der Waals surface area contributed by atoms with E-state index in [0.717, 1.165) is 35.2 Å². The van der Waals surface area contributed by atoms with Gasteiger partial charge in [0, 0.05) is 12.1 Å². The van der Waals surface area contributed by atoms with Gasteiger partial charge in [0.05, 0.1) is 16.8 Å². The number of carbonyl (C=O) groups excluding carboxylic acids is 2. The summed E-state index contributed by atoms with van der Waals surface area (Å²) in [7, 11) is 0. The second-order valence-electron chi connectivity index (χ2n) is 8.52. The monoisotopic (exact) mass is 630 g/mol. The van der Waals surface area contributed by atoms with E-state index < -0.39 is 99.8 Å². The number of hydrogen-bond donors (Lipinski definition) is 2. The van der Waals surface area contributed by atoms with Gasteiger partial charge >= 0.3 is 24.6 Å². The third-order valence-electron chi connectivity index (χ3n) is 5.89. The lowest BCUT2D eigenvalue weighted by atomic mass is 9.93. The summed E-state index contributed by atoms with van der Waals surface area (Å²) in [5.41, 5.74) is -12.0. The number of halogens is 11. The summed E-state index contributed by atoms with van der Waals surface area (Å²) >= 11 is 0. The number of carbonyl (C=O) groups is 2. The number of rotatable bonds is 8. The Hall–Kier alpha value is -4.57. The smallest absolute Gasteiger partial charge is 0.435 e. The molecule has 2 amide bonds. The molecule has 0 aliphatic heterocycles. The van der Waals surface area contributed by atoms with Gasteiger partial charge in [-0.2, -0.15) is 35.1 Å². The normalized spacial score (nSPS) is 12.3. The van der Waals surface area contributed by atoms with Crippen molar-refractivity contribution in [2.45, 2.75) is 31.6 Å². The first-order valence-corrected chi connectivity index (χ1v) is 11.7. The van der Waals surface area contributed by atoms with E-state index in [2.05, 4.69) is 4.74 Å². The highest BCUT2D eigenvalue weighted by Gasteiger charge is 2.73. The van der Waals surface area contributed by atoms with Crippen molar-refractivity contribution in [3.8, 4) is 11.5 Å². The molecule has 232 valence electrons. The maximum Gasteiger partial charge on any atom is 0.435 e. The van der Waals surface area contributed by atoms with Gasteiger partial charge in [-0.3, -0.25) is 9.59 Å². The Morgan fingerprint density at radius 1 is 0.907 bits per heavy atom. The average Bonchev–Trinajstić information content (AvgIpc) is 2.89. The highest BCUT2D eigenvalue weighted by atomic mass is 19.4. The van der Waals surface area contributed by atoms with E-state index in [-0.39, 0.29) is 6.54 Å². The van der Waals surface area contributed by atoms with Gasteiger partial charge < -0.3 is 20.1 Å². The van der Waals surface area contributed by atoms with E-state index >= 15 is 4.39 Å². The van der Waals surface area contributed by atoms with Crippen molar-refractivity contribution in [3.63, 3.8) is 0 Å². The molecule has 6 nitrogen and oxygen atoms in total. The highest BCUT2D eigenvalue weighted by Crippen LogP contribution is 2.55. The van der Waals surface area contributed by atoms with Gasteiger partial charge in [-0.1, -0.05) is 18.2 Å². The molecule has 0 aliphatic carbocycles. The lowest BCUT2D eigenvalue weighted by Gasteiger charge is -2.31. The van der Waals surface area contributed by atoms with Crippen molar-refractivity contribution in [2.24, 2.45) is 0 Å². The molecule has 0 radical (unpaired) electrons. The number of amides is 2. The molecular formula is C26H17F11N2O4. The third kappa shape index (κ3) is 6.29. The fraction of sp³-hybridized carbons (Fsp3) is 0.231. The van der Waals surface area contributed by atoms with Gasteiger partial charge in [-0.25, -0.2) is 13.2 Å². The first-order valence-electron chi connectivity index (χ1n) is 11.7. The Labute approximate surface area is 234 Å². The van der Waals surface area contributed by atoms with Crippen LogP contribution in [0.15, 0.2) is 54.6 Å². The van der Waals surface area contributed by atoms with E-state index in [9.17, 15) is 58.6 Å². The maximum absolute atomic E-state index is 15.5. The molecule has 0 bridgehead atoms. The molecule has 0 atom stereocenters. The zero-order valence-electron chi connectivity index (χ0n) is 21.3. The van der Waals surface area contributed by atoms with Crippen molar-refractivity contribution in [2.75, 3.05) is 16.8 Å². The van der Waals surface area contributed by atoms with Crippen LogP contribution < -0.4 is 15.0 Å². The minimum absolute atomic E-state index is 0.271. The molecular weight excluding hydrogens is 613 g/mol. The lowest BCUT2D eigenvalue weighted by Crippen LogP contribution is -2.50. The number of nitrogens with zero attached hydrogens (tertiary/aromatic N) is 1. The number of ether oxygens (including phenoxy) is 1. The Morgan fingerprint density at radius 3 is 2.02 bits per heavy atom. The predicted octanol–water partition coefficient (Wildman–Crippen LogP) is 7.48. The minimum atomic E-state index is -6.70. The van der Waals surface area contributed by atoms with Gasteiger partial charge in [0.2, 0.25) is 0 Å². The van der Waals surface area contributed by atoms with Crippen LogP contribution in [-0.4, -0.2) is 42.4 Å². The molecule has 0 aromatic heterocycles. The largest absolute Gasteiger partial charge is 0.506 e. The molecule has 0 unspecified atom stereocenters. The van der Waals surface area contributed by atoms with E-state index in [4.69, 9.17) is 0 Å². The van der Waals surface area contributed by atoms with Gasteiger partial charge in [-0.05, 0) is 43.3 Å². The molecule has 0 spiro atoms. The van der Waals surface area contributed by atoms with Crippen LogP contribution >= 0.6 is 0 Å². The molecule has 0 saturated carbocycles. The summed E-state index contributed by atoms with van der Waals surface area (Å²) in [6, 6.07) is 6.53. The average molecular weight is 630 g/mol. The van der Waals surface area contributed by atoms with Crippen LogP contribution in [0.3, 0.4) is 0 Å². The number of alkyl halides is 9. The molecule has 0 aliphatic rings. The molecule has 43 heavy (non-hydrogen) atoms. The molecule has 3 rings (SSSR count). The standard InChI is InChI=1S/C26H17F11N2O4/c1-2-39(22(42)13-6-3-4-8-15(13)27)16-9-5-7-14(19(16)28)21(41)38-20-17(40)10-12(11-18(20)43-23(29)30)24(31,25(32,33)34)26(35,36)37/h3-11,23,40H,2H2,1H3,(H,38,41). The molecule has 2 N–H and O–H groups in total. The van der Waals surface area contributed by atoms with Gasteiger partial charge in [0.25, 0.3) is 11.8 Å². The second-order valence-corrected chi connectivity index (χ2v) is 8.52. The Balaban J connectivity index is 2.08. The Bertz CT molecular complexity index is 1510. The topological polar surface area (TPSA) is 78.9 Å². The number of phenols is 1. The zero-order chi connectivity index (χ0) is 32.5. The van der Waals surface area contributed by atoms with Crippen LogP contribution in [0.25, 0.3) is 0 Å². The molecule has 0 fully saturated rings. The molecule has 0 saturated heterocycles. The number of benzene rings is 3. The van der Waals surface area contributed by atoms with Crippen LogP contribution in [0.2, 0.25) is 0 Å². The van der Waals surface area contributed by atoms with Crippen molar-refractivity contribution >= 4 is 23.2 Å². The predicted molar refractivity (Wildman–Crippen MR) is 128 cm³/mol. The molecule has 3 aromatic rings. The lowest BCUT2D eigenvalue weighted by molar-refractivity contribution is -0.348. The molecule has 3 aromatic carbocycles. The maximum atomic E-state index is 15.5. The second kappa shape index (κ2) is 12.0. The third-order valence-corrected chi connectivity index (χ3v) is 5.89. The summed E-state index contributed by atoms with van der Waals surface area (Å²) in [4.78, 5) is 26.5. The van der Waals surface area contributed by atoms with E-state index in [0.29, 0.717) is 0 Å². The number of nitrogens with one attached hydrogen (secondary N) is 1. The summed E-state index contributed by atoms with van der Waals surface area (Å²) in [5, 5.41) is 11.7. The summed E-state index contributed by atoms with van der Waals surface area (Å²) in [6.45, 7) is -2.88. The van der Waals surface area contributed by atoms with E-state index in [1.807, 2.05) is 0 Å². The van der Waals surface area contributed by atoms with Crippen molar-refractivity contribution in [1.82, 2.24) is 0 Å². The molecule has 0 heterocycles. The minimum Gasteiger partial charge on any atom is -0.506 e. The summed E-state index contributed by atoms with van der Waals surface area (Å²) in [6.07, 6.45) is -13.4. The van der Waals surface area contributed by atoms with Crippen LogP contribution in [0.4, 0.5) is 59.7 Å². The van der Waals surface area contributed by atoms with Crippen molar-refractivity contribution in [1.29, 1.82) is 0 Å². The number of aromatic hydroxyl groups is 1. The SMILES string of the molecule is CCN(C(=O)c1ccccc1F)c1cccc(C(=O)Nc2c(O)cc(C(F)(C(F)(F)F)C(F)(F)F)cc2OC(F)F)c1F. The number of anilines is 2. The Morgan fingerprint density at radius 2 is 1.49 bits per heavy atom. The van der Waals surface area contributed by atoms with Crippen molar-refractivity contribution < 1.29 is 67.7 Å². The number of phenolic OH excluding ortho intramolecular Hbond substituents is 1. The zero-order valence-corrected chi connectivity index (χ0v) is 21.3. The van der Waals surface area contributed by atoms with Crippen molar-refractivity contribution in [3.05, 3.63) is 82.9 Å². The fourth-order valence-electron chi connectivity index (χ4n) is 3.89. The van der Waals surface area contributed by atoms with Gasteiger partial charge in [0.15, 0.2) is 11.6 Å². The van der Waals surface area contributed by atoms with Crippen LogP contribution in [0.1, 0.15) is 33.2 Å². The molecule has 17 heteroatoms. The Kier molecular flexibility index (Phi) is 9.17. The first-order chi connectivity index (χ1) is 19.8. The summed E-state index contributed by atoms with van der Waals surface area (Å²) in [5.74, 6) is -8.63. The van der Waals surface area contributed by atoms with E-state index in [1.165, 1.54) is 19.1 Å².